The third-order valence-corrected chi connectivity index (χ3v) is 5.68. The summed E-state index contributed by atoms with van der Waals surface area (Å²) in [5.74, 6) is -2.38. The van der Waals surface area contributed by atoms with E-state index in [1.807, 2.05) is 30.3 Å². The molecule has 1 aromatic rings. The van der Waals surface area contributed by atoms with E-state index in [-0.39, 0.29) is 31.8 Å². The molecule has 0 aromatic heterocycles. The van der Waals surface area contributed by atoms with Gasteiger partial charge in [0.15, 0.2) is 6.04 Å². The van der Waals surface area contributed by atoms with Gasteiger partial charge in [0, 0.05) is 13.0 Å². The van der Waals surface area contributed by atoms with E-state index in [2.05, 4.69) is 5.32 Å². The maximum atomic E-state index is 13.3. The van der Waals surface area contributed by atoms with Gasteiger partial charge < -0.3 is 9.84 Å². The summed E-state index contributed by atoms with van der Waals surface area (Å²) in [4.78, 5) is 50.1. The molecule has 9 heteroatoms. The molecule has 168 valence electrons. The summed E-state index contributed by atoms with van der Waals surface area (Å²) in [5, 5.41) is 15.0. The first-order valence-electron chi connectivity index (χ1n) is 10.7. The highest BCUT2D eigenvalue weighted by Gasteiger charge is 2.45. The first-order valence-corrected chi connectivity index (χ1v) is 10.7. The van der Waals surface area contributed by atoms with Crippen LogP contribution in [0.4, 0.5) is 0 Å². The third kappa shape index (κ3) is 5.41. The number of carboxylic acids is 1. The number of benzene rings is 1. The van der Waals surface area contributed by atoms with Crippen molar-refractivity contribution in [1.82, 2.24) is 15.3 Å². The van der Waals surface area contributed by atoms with Gasteiger partial charge in [-0.25, -0.2) is 9.80 Å². The number of aliphatic carboxylic acids is 1. The Kier molecular flexibility index (Phi) is 7.62. The van der Waals surface area contributed by atoms with E-state index in [1.54, 1.807) is 6.92 Å². The molecular weight excluding hydrogens is 402 g/mol. The SMILES string of the molecule is CCOC(=O)[C@H](CCc1ccccc1)N[C@H]1CCC(=O)N2CCC[C@@H](C(=O)O)N2C1=O. The summed E-state index contributed by atoms with van der Waals surface area (Å²) >= 11 is 0. The number of nitrogens with one attached hydrogen (secondary N) is 1. The molecule has 2 aliphatic rings. The fourth-order valence-corrected chi connectivity index (χ4v) is 4.12. The molecule has 2 aliphatic heterocycles. The highest BCUT2D eigenvalue weighted by atomic mass is 16.5. The van der Waals surface area contributed by atoms with E-state index in [1.165, 1.54) is 5.01 Å². The number of carboxylic acid groups (broad SMARTS) is 1. The maximum Gasteiger partial charge on any atom is 0.328 e. The zero-order valence-corrected chi connectivity index (χ0v) is 17.7. The average molecular weight is 431 g/mol. The van der Waals surface area contributed by atoms with Crippen LogP contribution in [0.1, 0.15) is 44.6 Å². The van der Waals surface area contributed by atoms with Gasteiger partial charge in [0.05, 0.1) is 12.6 Å². The Morgan fingerprint density at radius 1 is 1.23 bits per heavy atom. The summed E-state index contributed by atoms with van der Waals surface area (Å²) < 4.78 is 5.19. The zero-order chi connectivity index (χ0) is 22.4. The molecule has 0 spiro atoms. The minimum atomic E-state index is -1.14. The summed E-state index contributed by atoms with van der Waals surface area (Å²) in [6.45, 7) is 2.24. The van der Waals surface area contributed by atoms with Gasteiger partial charge in [-0.15, -0.1) is 0 Å². The molecule has 0 bridgehead atoms. The van der Waals surface area contributed by atoms with Crippen molar-refractivity contribution in [2.45, 2.75) is 63.6 Å². The smallest absolute Gasteiger partial charge is 0.328 e. The number of esters is 1. The van der Waals surface area contributed by atoms with Crippen molar-refractivity contribution in [3.63, 3.8) is 0 Å². The van der Waals surface area contributed by atoms with E-state index < -0.39 is 36.0 Å². The lowest BCUT2D eigenvalue weighted by molar-refractivity contribution is -0.181. The van der Waals surface area contributed by atoms with E-state index in [0.717, 1.165) is 10.6 Å². The lowest BCUT2D eigenvalue weighted by Crippen LogP contribution is -2.62. The molecule has 0 aliphatic carbocycles. The maximum absolute atomic E-state index is 13.3. The van der Waals surface area contributed by atoms with Gasteiger partial charge in [-0.3, -0.25) is 24.7 Å². The normalized spacial score (nSPS) is 22.5. The second kappa shape index (κ2) is 10.4. The van der Waals surface area contributed by atoms with Crippen molar-refractivity contribution < 1.29 is 29.0 Å². The van der Waals surface area contributed by atoms with Crippen LogP contribution in [0.2, 0.25) is 0 Å². The molecule has 2 N–H and O–H groups in total. The number of hydrazine groups is 1. The van der Waals surface area contributed by atoms with Crippen molar-refractivity contribution >= 4 is 23.8 Å². The predicted molar refractivity (Wildman–Crippen MR) is 111 cm³/mol. The van der Waals surface area contributed by atoms with Crippen LogP contribution >= 0.6 is 0 Å². The highest BCUT2D eigenvalue weighted by molar-refractivity contribution is 5.92. The van der Waals surface area contributed by atoms with Crippen molar-refractivity contribution in [2.24, 2.45) is 0 Å². The van der Waals surface area contributed by atoms with Crippen molar-refractivity contribution in [3.05, 3.63) is 35.9 Å². The number of ether oxygens (including phenoxy) is 1. The fourth-order valence-electron chi connectivity index (χ4n) is 4.12. The fraction of sp³-hybridized carbons (Fsp3) is 0.545. The predicted octanol–water partition coefficient (Wildman–Crippen LogP) is 1.12. The molecule has 1 aromatic carbocycles. The average Bonchev–Trinajstić information content (AvgIpc) is 2.89. The van der Waals surface area contributed by atoms with Gasteiger partial charge in [-0.05, 0) is 44.6 Å². The lowest BCUT2D eigenvalue weighted by Gasteiger charge is -2.42. The number of hydrogen-bond acceptors (Lipinski definition) is 6. The Bertz CT molecular complexity index is 815. The van der Waals surface area contributed by atoms with Crippen molar-refractivity contribution in [1.29, 1.82) is 0 Å². The number of nitrogens with zero attached hydrogens (tertiary/aromatic N) is 2. The topological polar surface area (TPSA) is 116 Å². The van der Waals surface area contributed by atoms with Gasteiger partial charge >= 0.3 is 11.9 Å². The Labute approximate surface area is 181 Å². The summed E-state index contributed by atoms with van der Waals surface area (Å²) in [6, 6.07) is 6.98. The first-order chi connectivity index (χ1) is 14.9. The number of carbonyl (C=O) groups is 4. The van der Waals surface area contributed by atoms with E-state index in [9.17, 15) is 24.3 Å². The molecular formula is C22H29N3O6. The lowest BCUT2D eigenvalue weighted by atomic mass is 10.0. The van der Waals surface area contributed by atoms with Crippen LogP contribution in [0, 0.1) is 0 Å². The van der Waals surface area contributed by atoms with Crippen LogP contribution in [0.25, 0.3) is 0 Å². The van der Waals surface area contributed by atoms with E-state index in [4.69, 9.17) is 4.74 Å². The van der Waals surface area contributed by atoms with E-state index in [0.29, 0.717) is 25.8 Å². The van der Waals surface area contributed by atoms with Gasteiger partial charge in [-0.1, -0.05) is 30.3 Å². The molecule has 0 radical (unpaired) electrons. The highest BCUT2D eigenvalue weighted by Crippen LogP contribution is 2.25. The molecule has 9 nitrogen and oxygen atoms in total. The zero-order valence-electron chi connectivity index (χ0n) is 17.7. The Morgan fingerprint density at radius 3 is 2.65 bits per heavy atom. The second-order valence-corrected chi connectivity index (χ2v) is 7.78. The number of carbonyl (C=O) groups excluding carboxylic acids is 3. The summed E-state index contributed by atoms with van der Waals surface area (Å²) in [5.41, 5.74) is 1.05. The number of aryl methyl sites for hydroxylation is 1. The van der Waals surface area contributed by atoms with Crippen LogP contribution in [-0.4, -0.2) is 70.2 Å². The van der Waals surface area contributed by atoms with Crippen LogP contribution < -0.4 is 5.32 Å². The Hall–Kier alpha value is -2.94. The van der Waals surface area contributed by atoms with Gasteiger partial charge in [-0.2, -0.15) is 0 Å². The van der Waals surface area contributed by atoms with Crippen LogP contribution in [-0.2, 0) is 30.3 Å². The van der Waals surface area contributed by atoms with Crippen LogP contribution in [0.3, 0.4) is 0 Å². The standard InChI is InChI=1S/C22H29N3O6/c1-2-31-22(30)17(11-10-15-7-4-3-5-8-15)23-16-12-13-19(26)24-14-6-9-18(21(28)29)25(24)20(16)27/h3-5,7-8,16-18,23H,2,6,9-14H2,1H3,(H,28,29)/t16-,17-,18-/m0/s1. The first kappa shape index (κ1) is 22.7. The molecule has 2 fully saturated rings. The second-order valence-electron chi connectivity index (χ2n) is 7.78. The molecule has 2 saturated heterocycles. The number of fused-ring (bicyclic) bond motifs is 1. The molecule has 0 unspecified atom stereocenters. The van der Waals surface area contributed by atoms with Crippen molar-refractivity contribution in [2.75, 3.05) is 13.2 Å². The number of rotatable bonds is 8. The molecule has 2 amide bonds. The van der Waals surface area contributed by atoms with Gasteiger partial charge in [0.2, 0.25) is 5.91 Å². The Balaban J connectivity index is 1.78. The van der Waals surface area contributed by atoms with Crippen molar-refractivity contribution in [3.8, 4) is 0 Å². The minimum absolute atomic E-state index is 0.0977. The Morgan fingerprint density at radius 2 is 1.97 bits per heavy atom. The quantitative estimate of drug-likeness (QED) is 0.593. The molecule has 31 heavy (non-hydrogen) atoms. The van der Waals surface area contributed by atoms with Gasteiger partial charge in [0.1, 0.15) is 6.04 Å². The minimum Gasteiger partial charge on any atom is -0.480 e. The largest absolute Gasteiger partial charge is 0.480 e. The van der Waals surface area contributed by atoms with E-state index >= 15 is 0 Å². The number of amides is 2. The summed E-state index contributed by atoms with van der Waals surface area (Å²) in [6.07, 6.45) is 2.11. The third-order valence-electron chi connectivity index (χ3n) is 5.68. The van der Waals surface area contributed by atoms with Crippen LogP contribution in [0.15, 0.2) is 30.3 Å². The van der Waals surface area contributed by atoms with Gasteiger partial charge in [0.25, 0.3) is 5.91 Å². The number of hydrogen-bond donors (Lipinski definition) is 2. The molecule has 3 atom stereocenters. The monoisotopic (exact) mass is 431 g/mol. The molecule has 2 heterocycles. The molecule has 3 rings (SSSR count). The summed E-state index contributed by atoms with van der Waals surface area (Å²) in [7, 11) is 0. The molecule has 0 saturated carbocycles. The van der Waals surface area contributed by atoms with Crippen LogP contribution in [0.5, 0.6) is 0 Å².